The van der Waals surface area contributed by atoms with Gasteiger partial charge in [0.25, 0.3) is 0 Å². The zero-order valence-electron chi connectivity index (χ0n) is 19.1. The molecule has 0 bridgehead atoms. The van der Waals surface area contributed by atoms with Gasteiger partial charge in [-0.05, 0) is 33.1 Å². The van der Waals surface area contributed by atoms with E-state index in [4.69, 9.17) is 9.97 Å². The predicted octanol–water partition coefficient (Wildman–Crippen LogP) is 3.89. The minimum absolute atomic E-state index is 0.0442. The number of aromatic nitrogens is 2. The van der Waals surface area contributed by atoms with Crippen molar-refractivity contribution in [2.24, 2.45) is 4.99 Å². The van der Waals surface area contributed by atoms with Crippen LogP contribution in [0.4, 0.5) is 5.82 Å². The Morgan fingerprint density at radius 1 is 1.21 bits per heavy atom. The average molecular weight is 401 g/mol. The van der Waals surface area contributed by atoms with Crippen molar-refractivity contribution < 1.29 is 0 Å². The highest BCUT2D eigenvalue weighted by Gasteiger charge is 2.24. The van der Waals surface area contributed by atoms with Gasteiger partial charge in [-0.1, -0.05) is 39.0 Å². The molecule has 1 unspecified atom stereocenters. The Morgan fingerprint density at radius 3 is 2.55 bits per heavy atom. The highest BCUT2D eigenvalue weighted by atomic mass is 15.2. The zero-order valence-corrected chi connectivity index (χ0v) is 19.1. The van der Waals surface area contributed by atoms with Crippen molar-refractivity contribution in [3.05, 3.63) is 17.1 Å². The summed E-state index contributed by atoms with van der Waals surface area (Å²) in [5.74, 6) is 1.93. The van der Waals surface area contributed by atoms with Crippen molar-refractivity contribution in [2.45, 2.75) is 90.3 Å². The zero-order chi connectivity index (χ0) is 20.8. The van der Waals surface area contributed by atoms with Crippen LogP contribution in [0.5, 0.6) is 0 Å². The van der Waals surface area contributed by atoms with Gasteiger partial charge in [0.05, 0.1) is 6.34 Å². The Kier molecular flexibility index (Phi) is 7.87. The van der Waals surface area contributed by atoms with Crippen LogP contribution in [0.15, 0.2) is 4.99 Å². The molecule has 1 aromatic heterocycles. The maximum Gasteiger partial charge on any atom is 0.157 e. The summed E-state index contributed by atoms with van der Waals surface area (Å²) in [4.78, 5) is 19.0. The molecule has 6 nitrogen and oxygen atoms in total. The molecule has 2 atom stereocenters. The normalized spacial score (nSPS) is 21.4. The van der Waals surface area contributed by atoms with Crippen LogP contribution in [0, 0.1) is 6.92 Å². The number of hydrogen-bond donors (Lipinski definition) is 1. The SMILES string of the molecule is CCCc1nc(C2CN(C)C=N2)nc(N(C)[C@H](C)CNC2CCCCCC2)c1C. The van der Waals surface area contributed by atoms with E-state index in [0.717, 1.165) is 37.6 Å². The van der Waals surface area contributed by atoms with E-state index in [2.05, 4.69) is 55.0 Å². The molecule has 0 amide bonds. The van der Waals surface area contributed by atoms with E-state index in [9.17, 15) is 0 Å². The molecule has 0 radical (unpaired) electrons. The average Bonchev–Trinajstić information content (AvgIpc) is 2.98. The highest BCUT2D eigenvalue weighted by Crippen LogP contribution is 2.27. The minimum Gasteiger partial charge on any atom is -0.363 e. The van der Waals surface area contributed by atoms with Gasteiger partial charge in [-0.2, -0.15) is 0 Å². The maximum atomic E-state index is 5.01. The van der Waals surface area contributed by atoms with Gasteiger partial charge in [0, 0.05) is 50.5 Å². The predicted molar refractivity (Wildman–Crippen MR) is 122 cm³/mol. The number of anilines is 1. The van der Waals surface area contributed by atoms with E-state index >= 15 is 0 Å². The molecule has 1 aliphatic carbocycles. The van der Waals surface area contributed by atoms with Crippen LogP contribution in [-0.2, 0) is 6.42 Å². The molecule has 2 heterocycles. The van der Waals surface area contributed by atoms with Crippen molar-refractivity contribution in [3.8, 4) is 0 Å². The molecule has 0 saturated heterocycles. The fourth-order valence-corrected chi connectivity index (χ4v) is 4.42. The molecule has 3 rings (SSSR count). The first-order valence-electron chi connectivity index (χ1n) is 11.6. The van der Waals surface area contributed by atoms with Gasteiger partial charge < -0.3 is 15.1 Å². The lowest BCUT2D eigenvalue weighted by atomic mass is 10.1. The molecule has 1 fully saturated rings. The summed E-state index contributed by atoms with van der Waals surface area (Å²) in [6.07, 6.45) is 12.2. The quantitative estimate of drug-likeness (QED) is 0.671. The summed E-state index contributed by atoms with van der Waals surface area (Å²) >= 11 is 0. The Balaban J connectivity index is 1.74. The van der Waals surface area contributed by atoms with E-state index in [1.807, 2.05) is 6.34 Å². The lowest BCUT2D eigenvalue weighted by Gasteiger charge is -2.30. The van der Waals surface area contributed by atoms with E-state index in [-0.39, 0.29) is 6.04 Å². The standard InChI is InChI=1S/C23H40N6/c1-6-11-20-18(3)23(27-22(26-20)21-15-28(4)16-25-21)29(5)17(2)14-24-19-12-9-7-8-10-13-19/h16-17,19,21,24H,6-15H2,1-5H3/t17-,21?/m1/s1. The summed E-state index contributed by atoms with van der Waals surface area (Å²) in [6.45, 7) is 8.54. The van der Waals surface area contributed by atoms with E-state index in [0.29, 0.717) is 12.1 Å². The van der Waals surface area contributed by atoms with Gasteiger partial charge >= 0.3 is 0 Å². The third-order valence-electron chi connectivity index (χ3n) is 6.48. The Hall–Kier alpha value is -1.69. The van der Waals surface area contributed by atoms with Gasteiger partial charge in [-0.3, -0.25) is 4.99 Å². The third-order valence-corrected chi connectivity index (χ3v) is 6.48. The van der Waals surface area contributed by atoms with Gasteiger partial charge in [0.15, 0.2) is 5.82 Å². The van der Waals surface area contributed by atoms with Crippen molar-refractivity contribution in [3.63, 3.8) is 0 Å². The van der Waals surface area contributed by atoms with Crippen LogP contribution >= 0.6 is 0 Å². The number of rotatable bonds is 8. The Labute approximate surface area is 177 Å². The van der Waals surface area contributed by atoms with Crippen molar-refractivity contribution in [1.29, 1.82) is 0 Å². The molecule has 162 valence electrons. The minimum atomic E-state index is 0.0442. The number of likely N-dealkylation sites (N-methyl/N-ethyl adjacent to an activating group) is 2. The van der Waals surface area contributed by atoms with E-state index in [1.54, 1.807) is 0 Å². The summed E-state index contributed by atoms with van der Waals surface area (Å²) in [5.41, 5.74) is 2.39. The monoisotopic (exact) mass is 400 g/mol. The number of nitrogens with zero attached hydrogens (tertiary/aromatic N) is 5. The molecule has 2 aliphatic rings. The fraction of sp³-hybridized carbons (Fsp3) is 0.783. The molecule has 1 saturated carbocycles. The molecule has 6 heteroatoms. The molecular formula is C23H40N6. The fourth-order valence-electron chi connectivity index (χ4n) is 4.42. The van der Waals surface area contributed by atoms with Crippen LogP contribution < -0.4 is 10.2 Å². The molecule has 1 aromatic rings. The van der Waals surface area contributed by atoms with Crippen LogP contribution in [0.25, 0.3) is 0 Å². The first kappa shape index (κ1) is 22.0. The van der Waals surface area contributed by atoms with Crippen molar-refractivity contribution in [2.75, 3.05) is 32.1 Å². The number of aliphatic imine (C=N–C) groups is 1. The molecule has 1 aliphatic heterocycles. The van der Waals surface area contributed by atoms with Crippen LogP contribution in [0.2, 0.25) is 0 Å². The second-order valence-electron chi connectivity index (χ2n) is 9.00. The van der Waals surface area contributed by atoms with Gasteiger partial charge in [0.2, 0.25) is 0 Å². The van der Waals surface area contributed by atoms with Crippen LogP contribution in [0.1, 0.15) is 81.9 Å². The molecule has 0 aromatic carbocycles. The first-order chi connectivity index (χ1) is 14.0. The molecule has 1 N–H and O–H groups in total. The van der Waals surface area contributed by atoms with E-state index < -0.39 is 0 Å². The maximum absolute atomic E-state index is 5.01. The smallest absolute Gasteiger partial charge is 0.157 e. The Bertz CT molecular complexity index is 680. The lowest BCUT2D eigenvalue weighted by molar-refractivity contribution is 0.439. The highest BCUT2D eigenvalue weighted by molar-refractivity contribution is 5.58. The summed E-state index contributed by atoms with van der Waals surface area (Å²) in [5, 5.41) is 3.83. The second kappa shape index (κ2) is 10.4. The molecule has 29 heavy (non-hydrogen) atoms. The second-order valence-corrected chi connectivity index (χ2v) is 9.00. The van der Waals surface area contributed by atoms with Gasteiger partial charge in [0.1, 0.15) is 11.9 Å². The number of hydrogen-bond acceptors (Lipinski definition) is 6. The van der Waals surface area contributed by atoms with Crippen LogP contribution in [0.3, 0.4) is 0 Å². The van der Waals surface area contributed by atoms with E-state index in [1.165, 1.54) is 49.8 Å². The summed E-state index contributed by atoms with van der Waals surface area (Å²) in [6, 6.07) is 1.10. The van der Waals surface area contributed by atoms with Gasteiger partial charge in [-0.25, -0.2) is 9.97 Å². The van der Waals surface area contributed by atoms with Crippen molar-refractivity contribution >= 4 is 12.2 Å². The Morgan fingerprint density at radius 2 is 1.93 bits per heavy atom. The summed E-state index contributed by atoms with van der Waals surface area (Å²) in [7, 11) is 4.23. The van der Waals surface area contributed by atoms with Crippen LogP contribution in [-0.4, -0.2) is 60.5 Å². The third kappa shape index (κ3) is 5.68. The number of aryl methyl sites for hydroxylation is 1. The summed E-state index contributed by atoms with van der Waals surface area (Å²) < 4.78 is 0. The molecule has 0 spiro atoms. The van der Waals surface area contributed by atoms with Crippen molar-refractivity contribution in [1.82, 2.24) is 20.2 Å². The lowest BCUT2D eigenvalue weighted by Crippen LogP contribution is -2.42. The number of nitrogens with one attached hydrogen (secondary N) is 1. The van der Waals surface area contributed by atoms with Gasteiger partial charge in [-0.15, -0.1) is 0 Å². The largest absolute Gasteiger partial charge is 0.363 e. The first-order valence-corrected chi connectivity index (χ1v) is 11.6. The topological polar surface area (TPSA) is 56.7 Å². The molecular weight excluding hydrogens is 360 g/mol.